The van der Waals surface area contributed by atoms with Crippen LogP contribution >= 0.6 is 12.2 Å². The van der Waals surface area contributed by atoms with Crippen LogP contribution in [0.5, 0.6) is 0 Å². The normalized spacial score (nSPS) is 15.9. The highest BCUT2D eigenvalue weighted by atomic mass is 32.1. The first-order valence-electron chi connectivity index (χ1n) is 9.26. The van der Waals surface area contributed by atoms with Crippen LogP contribution in [0.4, 0.5) is 18.9 Å². The zero-order valence-corrected chi connectivity index (χ0v) is 16.3. The van der Waals surface area contributed by atoms with Crippen LogP contribution in [-0.4, -0.2) is 52.6 Å². The summed E-state index contributed by atoms with van der Waals surface area (Å²) in [6.07, 6.45) is 1.27. The number of hydrogen-bond donors (Lipinski definition) is 1. The monoisotopic (exact) mass is 408 g/mol. The number of pyridine rings is 1. The molecule has 1 aliphatic heterocycles. The van der Waals surface area contributed by atoms with Crippen molar-refractivity contribution in [2.45, 2.75) is 19.0 Å². The van der Waals surface area contributed by atoms with E-state index in [-0.39, 0.29) is 0 Å². The number of thiocarbonyl (C=S) groups is 1. The van der Waals surface area contributed by atoms with Crippen LogP contribution < -0.4 is 5.32 Å². The van der Waals surface area contributed by atoms with Crippen molar-refractivity contribution in [1.82, 2.24) is 14.8 Å². The molecule has 8 heteroatoms. The summed E-state index contributed by atoms with van der Waals surface area (Å²) in [6, 6.07) is 9.02. The van der Waals surface area contributed by atoms with E-state index in [1.165, 1.54) is 17.7 Å². The molecule has 0 saturated carbocycles. The molecule has 28 heavy (non-hydrogen) atoms. The molecule has 150 valence electrons. The van der Waals surface area contributed by atoms with Gasteiger partial charge >= 0.3 is 6.18 Å². The molecule has 0 unspecified atom stereocenters. The zero-order chi connectivity index (χ0) is 20.0. The summed E-state index contributed by atoms with van der Waals surface area (Å²) in [5.41, 5.74) is 1.18. The molecule has 0 bridgehead atoms. The summed E-state index contributed by atoms with van der Waals surface area (Å²) in [4.78, 5) is 8.54. The molecule has 1 aromatic heterocycles. The summed E-state index contributed by atoms with van der Waals surface area (Å²) in [5, 5.41) is 3.61. The first kappa shape index (κ1) is 20.5. The smallest absolute Gasteiger partial charge is 0.348 e. The number of nitrogens with one attached hydrogen (secondary N) is 1. The zero-order valence-electron chi connectivity index (χ0n) is 15.5. The van der Waals surface area contributed by atoms with Gasteiger partial charge in [-0.25, -0.2) is 0 Å². The van der Waals surface area contributed by atoms with Gasteiger partial charge in [0.2, 0.25) is 0 Å². The van der Waals surface area contributed by atoms with Crippen molar-refractivity contribution in [3.05, 3.63) is 59.9 Å². The number of benzene rings is 1. The molecule has 1 aromatic carbocycles. The van der Waals surface area contributed by atoms with Crippen LogP contribution in [0.1, 0.15) is 17.5 Å². The first-order chi connectivity index (χ1) is 13.4. The minimum Gasteiger partial charge on any atom is -0.348 e. The summed E-state index contributed by atoms with van der Waals surface area (Å²) in [7, 11) is 0. The summed E-state index contributed by atoms with van der Waals surface area (Å²) in [6.45, 7) is 4.52. The van der Waals surface area contributed by atoms with Crippen LogP contribution in [0, 0.1) is 0 Å². The number of hydrogen-bond acceptors (Lipinski definition) is 3. The van der Waals surface area contributed by atoms with Gasteiger partial charge in [0.05, 0.1) is 5.56 Å². The molecule has 1 fully saturated rings. The molecule has 0 aliphatic carbocycles. The van der Waals surface area contributed by atoms with Gasteiger partial charge in [-0.3, -0.25) is 4.98 Å². The standard InChI is InChI=1S/C20H23F3N4S/c21-20(22,23)17-2-4-18(5-3-17)25-19(28)27-12-1-11-26(14-15-27)13-8-16-6-9-24-10-7-16/h2-7,9-10H,1,8,11-15H2,(H,25,28). The average molecular weight is 408 g/mol. The predicted molar refractivity (Wildman–Crippen MR) is 108 cm³/mol. The maximum absolute atomic E-state index is 12.7. The van der Waals surface area contributed by atoms with Gasteiger partial charge in [0.1, 0.15) is 0 Å². The third kappa shape index (κ3) is 5.90. The highest BCUT2D eigenvalue weighted by Gasteiger charge is 2.30. The minimum absolute atomic E-state index is 0.552. The first-order valence-corrected chi connectivity index (χ1v) is 9.67. The molecule has 0 atom stereocenters. The summed E-state index contributed by atoms with van der Waals surface area (Å²) in [5.74, 6) is 0. The van der Waals surface area contributed by atoms with Crippen LogP contribution in [0.3, 0.4) is 0 Å². The minimum atomic E-state index is -4.33. The Morgan fingerprint density at radius 3 is 2.39 bits per heavy atom. The molecule has 0 amide bonds. The number of nitrogens with zero attached hydrogens (tertiary/aromatic N) is 3. The molecule has 3 rings (SSSR count). The summed E-state index contributed by atoms with van der Waals surface area (Å²) < 4.78 is 38.0. The average Bonchev–Trinajstić information content (AvgIpc) is 2.93. The maximum Gasteiger partial charge on any atom is 0.416 e. The Morgan fingerprint density at radius 1 is 1.00 bits per heavy atom. The number of anilines is 1. The van der Waals surface area contributed by atoms with Gasteiger partial charge in [0, 0.05) is 44.3 Å². The van der Waals surface area contributed by atoms with Crippen molar-refractivity contribution in [2.24, 2.45) is 0 Å². The Labute approximate surface area is 168 Å². The molecule has 1 saturated heterocycles. The van der Waals surface area contributed by atoms with E-state index in [2.05, 4.69) is 20.1 Å². The second kappa shape index (κ2) is 9.34. The molecular weight excluding hydrogens is 385 g/mol. The molecule has 0 radical (unpaired) electrons. The lowest BCUT2D eigenvalue weighted by Crippen LogP contribution is -2.38. The second-order valence-corrected chi connectivity index (χ2v) is 7.18. The molecule has 2 aromatic rings. The number of aromatic nitrogens is 1. The SMILES string of the molecule is FC(F)(F)c1ccc(NC(=S)N2CCCN(CCc3ccncc3)CC2)cc1. The van der Waals surface area contributed by atoms with Crippen LogP contribution in [0.15, 0.2) is 48.8 Å². The van der Waals surface area contributed by atoms with Crippen molar-refractivity contribution in [2.75, 3.05) is 38.0 Å². The van der Waals surface area contributed by atoms with E-state index in [1.807, 2.05) is 24.5 Å². The van der Waals surface area contributed by atoms with E-state index >= 15 is 0 Å². The van der Waals surface area contributed by atoms with Gasteiger partial charge in [-0.1, -0.05) is 0 Å². The Kier molecular flexibility index (Phi) is 6.85. The van der Waals surface area contributed by atoms with Crippen LogP contribution in [0.2, 0.25) is 0 Å². The van der Waals surface area contributed by atoms with Crippen LogP contribution in [0.25, 0.3) is 0 Å². The quantitative estimate of drug-likeness (QED) is 0.772. The second-order valence-electron chi connectivity index (χ2n) is 6.79. The van der Waals surface area contributed by atoms with E-state index in [0.29, 0.717) is 10.8 Å². The largest absolute Gasteiger partial charge is 0.416 e. The van der Waals surface area contributed by atoms with Gasteiger partial charge in [-0.2, -0.15) is 13.2 Å². The molecule has 2 heterocycles. The number of alkyl halides is 3. The fourth-order valence-corrected chi connectivity index (χ4v) is 3.48. The van der Waals surface area contributed by atoms with Crippen molar-refractivity contribution < 1.29 is 13.2 Å². The van der Waals surface area contributed by atoms with E-state index in [1.54, 1.807) is 0 Å². The molecular formula is C20H23F3N4S. The molecule has 1 aliphatic rings. The van der Waals surface area contributed by atoms with Crippen molar-refractivity contribution in [1.29, 1.82) is 0 Å². The third-order valence-corrected chi connectivity index (χ3v) is 5.17. The third-order valence-electron chi connectivity index (χ3n) is 4.81. The Balaban J connectivity index is 1.48. The number of rotatable bonds is 4. The van der Waals surface area contributed by atoms with E-state index in [0.717, 1.165) is 57.7 Å². The topological polar surface area (TPSA) is 31.4 Å². The van der Waals surface area contributed by atoms with E-state index in [4.69, 9.17) is 12.2 Å². The highest BCUT2D eigenvalue weighted by Crippen LogP contribution is 2.29. The van der Waals surface area contributed by atoms with Gasteiger partial charge in [0.25, 0.3) is 0 Å². The van der Waals surface area contributed by atoms with Crippen molar-refractivity contribution in [3.8, 4) is 0 Å². The van der Waals surface area contributed by atoms with Crippen molar-refractivity contribution >= 4 is 23.0 Å². The van der Waals surface area contributed by atoms with Gasteiger partial charge in [0.15, 0.2) is 5.11 Å². The lowest BCUT2D eigenvalue weighted by molar-refractivity contribution is -0.137. The fourth-order valence-electron chi connectivity index (χ4n) is 3.18. The molecule has 1 N–H and O–H groups in total. The molecule has 4 nitrogen and oxygen atoms in total. The summed E-state index contributed by atoms with van der Waals surface area (Å²) >= 11 is 5.47. The fraction of sp³-hybridized carbons (Fsp3) is 0.400. The lowest BCUT2D eigenvalue weighted by atomic mass is 10.2. The Hall–Kier alpha value is -2.19. The van der Waals surface area contributed by atoms with Gasteiger partial charge in [-0.05, 0) is 73.6 Å². The lowest BCUT2D eigenvalue weighted by Gasteiger charge is -2.25. The Bertz CT molecular complexity index is 765. The molecule has 0 spiro atoms. The maximum atomic E-state index is 12.7. The number of halogens is 3. The van der Waals surface area contributed by atoms with Gasteiger partial charge in [-0.15, -0.1) is 0 Å². The Morgan fingerprint density at radius 2 is 1.71 bits per heavy atom. The van der Waals surface area contributed by atoms with Gasteiger partial charge < -0.3 is 15.1 Å². The highest BCUT2D eigenvalue weighted by molar-refractivity contribution is 7.80. The van der Waals surface area contributed by atoms with Crippen molar-refractivity contribution in [3.63, 3.8) is 0 Å². The predicted octanol–water partition coefficient (Wildman–Crippen LogP) is 4.05. The van der Waals surface area contributed by atoms with Crippen LogP contribution in [-0.2, 0) is 12.6 Å². The van der Waals surface area contributed by atoms with E-state index in [9.17, 15) is 13.2 Å². The van der Waals surface area contributed by atoms with E-state index < -0.39 is 11.7 Å².